The molecule has 1 atom stereocenters. The molecule has 1 N–H and O–H groups in total. The average Bonchev–Trinajstić information content (AvgIpc) is 2.21. The molecular formula is C11H15NO3. The summed E-state index contributed by atoms with van der Waals surface area (Å²) in [4.78, 5) is 14.8. The maximum absolute atomic E-state index is 10.7. The van der Waals surface area contributed by atoms with E-state index in [1.165, 1.54) is 6.92 Å². The molecule has 0 aliphatic heterocycles. The summed E-state index contributed by atoms with van der Waals surface area (Å²) in [5, 5.41) is 9.19. The molecule has 1 rings (SSSR count). The van der Waals surface area contributed by atoms with E-state index < -0.39 is 0 Å². The van der Waals surface area contributed by atoms with Crippen LogP contribution in [0.3, 0.4) is 0 Å². The summed E-state index contributed by atoms with van der Waals surface area (Å²) in [5.74, 6) is -0.586. The van der Waals surface area contributed by atoms with Crippen molar-refractivity contribution in [2.45, 2.75) is 19.8 Å². The number of hydrogen-bond acceptors (Lipinski definition) is 4. The van der Waals surface area contributed by atoms with Crippen LogP contribution in [-0.4, -0.2) is 29.3 Å². The highest BCUT2D eigenvalue weighted by Gasteiger charge is 2.15. The smallest absolute Gasteiger partial charge is 0.302 e. The van der Waals surface area contributed by atoms with Crippen LogP contribution in [0.4, 0.5) is 0 Å². The van der Waals surface area contributed by atoms with E-state index in [0.717, 1.165) is 11.3 Å². The van der Waals surface area contributed by atoms with Gasteiger partial charge in [0.2, 0.25) is 0 Å². The summed E-state index contributed by atoms with van der Waals surface area (Å²) in [6.45, 7) is 3.35. The van der Waals surface area contributed by atoms with Crippen molar-refractivity contribution in [1.29, 1.82) is 0 Å². The van der Waals surface area contributed by atoms with Crippen molar-refractivity contribution in [3.63, 3.8) is 0 Å². The lowest BCUT2D eigenvalue weighted by Crippen LogP contribution is -2.16. The third-order valence-electron chi connectivity index (χ3n) is 2.14. The molecule has 0 aliphatic rings. The van der Waals surface area contributed by atoms with Crippen molar-refractivity contribution in [1.82, 2.24) is 4.98 Å². The first-order valence-electron chi connectivity index (χ1n) is 4.81. The van der Waals surface area contributed by atoms with Crippen molar-refractivity contribution in [2.75, 3.05) is 13.2 Å². The van der Waals surface area contributed by atoms with Crippen molar-refractivity contribution >= 4 is 5.97 Å². The monoisotopic (exact) mass is 209 g/mol. The first-order valence-corrected chi connectivity index (χ1v) is 4.81. The predicted octanol–water partition coefficient (Wildman–Crippen LogP) is 1.03. The zero-order valence-electron chi connectivity index (χ0n) is 8.93. The molecule has 0 bridgehead atoms. The highest BCUT2D eigenvalue weighted by atomic mass is 16.5. The van der Waals surface area contributed by atoms with E-state index in [4.69, 9.17) is 4.74 Å². The highest BCUT2D eigenvalue weighted by Crippen LogP contribution is 2.16. The molecule has 15 heavy (non-hydrogen) atoms. The van der Waals surface area contributed by atoms with Gasteiger partial charge in [-0.25, -0.2) is 0 Å². The Labute approximate surface area is 88.9 Å². The lowest BCUT2D eigenvalue weighted by Gasteiger charge is -2.15. The molecule has 1 aromatic rings. The van der Waals surface area contributed by atoms with Crippen molar-refractivity contribution in [3.8, 4) is 0 Å². The number of rotatable bonds is 4. The van der Waals surface area contributed by atoms with Crippen LogP contribution in [0, 0.1) is 6.92 Å². The molecule has 4 nitrogen and oxygen atoms in total. The molecule has 0 saturated heterocycles. The number of carbonyl (C=O) groups excluding carboxylic acids is 1. The average molecular weight is 209 g/mol. The molecular weight excluding hydrogens is 194 g/mol. The van der Waals surface area contributed by atoms with E-state index in [9.17, 15) is 9.90 Å². The minimum absolute atomic E-state index is 0.0782. The van der Waals surface area contributed by atoms with Crippen LogP contribution >= 0.6 is 0 Å². The van der Waals surface area contributed by atoms with Crippen LogP contribution in [-0.2, 0) is 9.53 Å². The van der Waals surface area contributed by atoms with Crippen LogP contribution in [0.5, 0.6) is 0 Å². The Hall–Kier alpha value is -1.42. The number of carbonyl (C=O) groups is 1. The third kappa shape index (κ3) is 3.32. The quantitative estimate of drug-likeness (QED) is 0.752. The van der Waals surface area contributed by atoms with Crippen LogP contribution in [0.1, 0.15) is 24.1 Å². The van der Waals surface area contributed by atoms with Gasteiger partial charge in [-0.3, -0.25) is 9.78 Å². The summed E-state index contributed by atoms with van der Waals surface area (Å²) < 4.78 is 4.87. The Morgan fingerprint density at radius 3 is 2.93 bits per heavy atom. The SMILES string of the molecule is CC(=O)OC[C@H](CO)c1ncccc1C. The number of aryl methyl sites for hydroxylation is 1. The Morgan fingerprint density at radius 1 is 1.67 bits per heavy atom. The maximum atomic E-state index is 10.7. The van der Waals surface area contributed by atoms with Crippen LogP contribution in [0.15, 0.2) is 18.3 Å². The molecule has 0 fully saturated rings. The number of ether oxygens (including phenoxy) is 1. The maximum Gasteiger partial charge on any atom is 0.302 e. The molecule has 0 radical (unpaired) electrons. The van der Waals surface area contributed by atoms with Gasteiger partial charge in [0.15, 0.2) is 0 Å². The van der Waals surface area contributed by atoms with Gasteiger partial charge in [0.1, 0.15) is 6.61 Å². The zero-order chi connectivity index (χ0) is 11.3. The lowest BCUT2D eigenvalue weighted by atomic mass is 10.0. The number of hydrogen-bond donors (Lipinski definition) is 1. The van der Waals surface area contributed by atoms with Gasteiger partial charge >= 0.3 is 5.97 Å². The Balaban J connectivity index is 2.74. The predicted molar refractivity (Wildman–Crippen MR) is 55.4 cm³/mol. The standard InChI is InChI=1S/C11H15NO3/c1-8-4-3-5-12-11(8)10(6-13)7-15-9(2)14/h3-5,10,13H,6-7H2,1-2H3/t10-/m0/s1. The molecule has 82 valence electrons. The Morgan fingerprint density at radius 2 is 2.40 bits per heavy atom. The summed E-state index contributed by atoms with van der Waals surface area (Å²) in [6, 6.07) is 3.75. The number of aliphatic hydroxyl groups is 1. The number of nitrogens with zero attached hydrogens (tertiary/aromatic N) is 1. The normalized spacial score (nSPS) is 12.2. The molecule has 0 unspecified atom stereocenters. The number of pyridine rings is 1. The van der Waals surface area contributed by atoms with E-state index in [1.54, 1.807) is 6.20 Å². The molecule has 1 heterocycles. The molecule has 0 amide bonds. The first kappa shape index (κ1) is 11.7. The van der Waals surface area contributed by atoms with Crippen LogP contribution in [0.2, 0.25) is 0 Å². The van der Waals surface area contributed by atoms with Gasteiger partial charge in [0.05, 0.1) is 18.2 Å². The minimum atomic E-state index is -0.345. The second kappa shape index (κ2) is 5.46. The molecule has 0 aliphatic carbocycles. The van der Waals surface area contributed by atoms with Gasteiger partial charge in [-0.15, -0.1) is 0 Å². The molecule has 0 spiro atoms. The fourth-order valence-electron chi connectivity index (χ4n) is 1.36. The fourth-order valence-corrected chi connectivity index (χ4v) is 1.36. The minimum Gasteiger partial charge on any atom is -0.465 e. The zero-order valence-corrected chi connectivity index (χ0v) is 8.93. The lowest BCUT2D eigenvalue weighted by molar-refractivity contribution is -0.141. The van der Waals surface area contributed by atoms with Crippen LogP contribution < -0.4 is 0 Å². The van der Waals surface area contributed by atoms with Crippen molar-refractivity contribution in [2.24, 2.45) is 0 Å². The van der Waals surface area contributed by atoms with E-state index in [2.05, 4.69) is 4.98 Å². The summed E-state index contributed by atoms with van der Waals surface area (Å²) in [6.07, 6.45) is 1.67. The number of aliphatic hydroxyl groups excluding tert-OH is 1. The molecule has 4 heteroatoms. The third-order valence-corrected chi connectivity index (χ3v) is 2.14. The summed E-state index contributed by atoms with van der Waals surface area (Å²) in [7, 11) is 0. The Bertz CT molecular complexity index is 338. The van der Waals surface area contributed by atoms with Gasteiger partial charge in [-0.2, -0.15) is 0 Å². The van der Waals surface area contributed by atoms with Crippen molar-refractivity contribution in [3.05, 3.63) is 29.6 Å². The van der Waals surface area contributed by atoms with Gasteiger partial charge in [0.25, 0.3) is 0 Å². The molecule has 1 aromatic heterocycles. The van der Waals surface area contributed by atoms with E-state index in [0.29, 0.717) is 0 Å². The van der Waals surface area contributed by atoms with Gasteiger partial charge in [0, 0.05) is 13.1 Å². The summed E-state index contributed by atoms with van der Waals surface area (Å²) in [5.41, 5.74) is 1.77. The highest BCUT2D eigenvalue weighted by molar-refractivity contribution is 5.65. The van der Waals surface area contributed by atoms with Gasteiger partial charge in [-0.1, -0.05) is 6.07 Å². The number of esters is 1. The second-order valence-corrected chi connectivity index (χ2v) is 3.39. The first-order chi connectivity index (χ1) is 7.15. The second-order valence-electron chi connectivity index (χ2n) is 3.39. The largest absolute Gasteiger partial charge is 0.465 e. The fraction of sp³-hybridized carbons (Fsp3) is 0.455. The molecule has 0 saturated carbocycles. The van der Waals surface area contributed by atoms with Gasteiger partial charge < -0.3 is 9.84 Å². The number of aromatic nitrogens is 1. The summed E-state index contributed by atoms with van der Waals surface area (Å²) >= 11 is 0. The van der Waals surface area contributed by atoms with E-state index in [-0.39, 0.29) is 25.1 Å². The van der Waals surface area contributed by atoms with E-state index >= 15 is 0 Å². The van der Waals surface area contributed by atoms with E-state index in [1.807, 2.05) is 19.1 Å². The topological polar surface area (TPSA) is 59.4 Å². The Kier molecular flexibility index (Phi) is 4.24. The van der Waals surface area contributed by atoms with Gasteiger partial charge in [-0.05, 0) is 18.6 Å². The van der Waals surface area contributed by atoms with Crippen LogP contribution in [0.25, 0.3) is 0 Å². The van der Waals surface area contributed by atoms with Crippen molar-refractivity contribution < 1.29 is 14.6 Å². The molecule has 0 aromatic carbocycles.